The van der Waals surface area contributed by atoms with Crippen molar-refractivity contribution in [2.45, 2.75) is 0 Å². The van der Waals surface area contributed by atoms with Gasteiger partial charge in [0, 0.05) is 19.7 Å². The fourth-order valence-corrected chi connectivity index (χ4v) is 1.69. The zero-order valence-corrected chi connectivity index (χ0v) is 9.46. The molecule has 1 heterocycles. The van der Waals surface area contributed by atoms with E-state index in [-0.39, 0.29) is 5.69 Å². The van der Waals surface area contributed by atoms with Crippen molar-refractivity contribution >= 4 is 11.4 Å². The molecule has 0 unspecified atom stereocenters. The molecule has 90 valence electrons. The number of anilines is 2. The van der Waals surface area contributed by atoms with Crippen LogP contribution in [0.15, 0.2) is 18.3 Å². The molecule has 0 aliphatic carbocycles. The van der Waals surface area contributed by atoms with Crippen molar-refractivity contribution < 1.29 is 8.78 Å². The molecule has 0 radical (unpaired) electrons. The lowest BCUT2D eigenvalue weighted by atomic mass is 10.1. The number of nitrogen functional groups attached to an aromatic ring is 1. The quantitative estimate of drug-likeness (QED) is 0.841. The molecule has 2 rings (SSSR count). The first-order chi connectivity index (χ1) is 8.02. The van der Waals surface area contributed by atoms with Gasteiger partial charge in [-0.25, -0.2) is 8.78 Å². The Bertz CT molecular complexity index is 548. The summed E-state index contributed by atoms with van der Waals surface area (Å²) in [4.78, 5) is 1.49. The van der Waals surface area contributed by atoms with Gasteiger partial charge in [-0.2, -0.15) is 5.10 Å². The first-order valence-electron chi connectivity index (χ1n) is 4.97. The summed E-state index contributed by atoms with van der Waals surface area (Å²) in [5.41, 5.74) is 7.18. The van der Waals surface area contributed by atoms with E-state index in [1.807, 2.05) is 0 Å². The number of aromatic nitrogens is 2. The van der Waals surface area contributed by atoms with Crippen LogP contribution in [-0.4, -0.2) is 24.3 Å². The molecule has 3 N–H and O–H groups in total. The normalized spacial score (nSPS) is 10.6. The van der Waals surface area contributed by atoms with Gasteiger partial charge in [-0.05, 0) is 12.1 Å². The van der Waals surface area contributed by atoms with Gasteiger partial charge in [0.25, 0.3) is 0 Å². The average Bonchev–Trinajstić information content (AvgIpc) is 2.67. The van der Waals surface area contributed by atoms with Crippen LogP contribution in [0.2, 0.25) is 0 Å². The Morgan fingerprint density at radius 3 is 2.53 bits per heavy atom. The van der Waals surface area contributed by atoms with Crippen LogP contribution >= 0.6 is 0 Å². The molecular formula is C11H12F2N4. The third-order valence-electron chi connectivity index (χ3n) is 2.45. The van der Waals surface area contributed by atoms with Crippen molar-refractivity contribution in [1.29, 1.82) is 0 Å². The SMILES string of the molecule is CN(C)c1c(-c2[nH]ncc2N)ccc(F)c1F. The highest BCUT2D eigenvalue weighted by molar-refractivity contribution is 5.82. The first kappa shape index (κ1) is 11.4. The van der Waals surface area contributed by atoms with Crippen LogP contribution in [0.5, 0.6) is 0 Å². The zero-order valence-electron chi connectivity index (χ0n) is 9.46. The maximum atomic E-state index is 13.7. The van der Waals surface area contributed by atoms with Crippen molar-refractivity contribution in [3.8, 4) is 11.3 Å². The molecule has 1 aromatic carbocycles. The Morgan fingerprint density at radius 2 is 2.00 bits per heavy atom. The number of nitrogens with two attached hydrogens (primary N) is 1. The minimum absolute atomic E-state index is 0.140. The summed E-state index contributed by atoms with van der Waals surface area (Å²) >= 11 is 0. The molecule has 0 aliphatic heterocycles. The molecule has 0 spiro atoms. The van der Waals surface area contributed by atoms with Gasteiger partial charge in [-0.3, -0.25) is 5.10 Å². The standard InChI is InChI=1S/C11H12F2N4/c1-17(2)11-6(3-4-7(12)9(11)13)10-8(14)5-15-16-10/h3-5H,14H2,1-2H3,(H,15,16). The topological polar surface area (TPSA) is 57.9 Å². The molecule has 0 atom stereocenters. The summed E-state index contributed by atoms with van der Waals surface area (Å²) in [6.07, 6.45) is 1.43. The fourth-order valence-electron chi connectivity index (χ4n) is 1.69. The third-order valence-corrected chi connectivity index (χ3v) is 2.45. The molecule has 0 amide bonds. The van der Waals surface area contributed by atoms with Crippen molar-refractivity contribution in [2.24, 2.45) is 0 Å². The predicted molar refractivity (Wildman–Crippen MR) is 62.7 cm³/mol. The average molecular weight is 238 g/mol. The Labute approximate surface area is 97.0 Å². The molecule has 2 aromatic rings. The van der Waals surface area contributed by atoms with E-state index in [0.29, 0.717) is 16.9 Å². The van der Waals surface area contributed by atoms with E-state index in [2.05, 4.69) is 10.2 Å². The largest absolute Gasteiger partial charge is 0.396 e. The van der Waals surface area contributed by atoms with Gasteiger partial charge in [0.05, 0.1) is 23.3 Å². The number of aromatic amines is 1. The number of benzene rings is 1. The maximum Gasteiger partial charge on any atom is 0.182 e. The van der Waals surface area contributed by atoms with E-state index in [0.717, 1.165) is 6.07 Å². The van der Waals surface area contributed by atoms with Gasteiger partial charge in [-0.15, -0.1) is 0 Å². The predicted octanol–water partition coefficient (Wildman–Crippen LogP) is 2.00. The van der Waals surface area contributed by atoms with Crippen LogP contribution < -0.4 is 10.6 Å². The molecule has 0 bridgehead atoms. The van der Waals surface area contributed by atoms with Crippen molar-refractivity contribution in [1.82, 2.24) is 10.2 Å². The summed E-state index contributed by atoms with van der Waals surface area (Å²) in [7, 11) is 3.27. The van der Waals surface area contributed by atoms with E-state index in [1.54, 1.807) is 14.1 Å². The smallest absolute Gasteiger partial charge is 0.182 e. The maximum absolute atomic E-state index is 13.7. The molecule has 4 nitrogen and oxygen atoms in total. The second-order valence-corrected chi connectivity index (χ2v) is 3.85. The summed E-state index contributed by atoms with van der Waals surface area (Å²) in [5.74, 6) is -1.79. The summed E-state index contributed by atoms with van der Waals surface area (Å²) in [6, 6.07) is 2.54. The minimum Gasteiger partial charge on any atom is -0.396 e. The highest BCUT2D eigenvalue weighted by atomic mass is 19.2. The fraction of sp³-hybridized carbons (Fsp3) is 0.182. The second-order valence-electron chi connectivity index (χ2n) is 3.85. The van der Waals surface area contributed by atoms with Gasteiger partial charge in [-0.1, -0.05) is 0 Å². The highest BCUT2D eigenvalue weighted by Gasteiger charge is 2.18. The van der Waals surface area contributed by atoms with Gasteiger partial charge in [0.1, 0.15) is 0 Å². The van der Waals surface area contributed by atoms with Crippen molar-refractivity contribution in [3.63, 3.8) is 0 Å². The van der Waals surface area contributed by atoms with E-state index < -0.39 is 11.6 Å². The van der Waals surface area contributed by atoms with E-state index >= 15 is 0 Å². The van der Waals surface area contributed by atoms with Crippen LogP contribution in [0.3, 0.4) is 0 Å². The molecule has 0 saturated carbocycles. The molecule has 0 aliphatic rings. The number of nitrogens with zero attached hydrogens (tertiary/aromatic N) is 2. The lowest BCUT2D eigenvalue weighted by molar-refractivity contribution is 0.509. The van der Waals surface area contributed by atoms with E-state index in [4.69, 9.17) is 5.73 Å². The molecule has 6 heteroatoms. The van der Waals surface area contributed by atoms with Crippen LogP contribution in [0.1, 0.15) is 0 Å². The summed E-state index contributed by atoms with van der Waals surface area (Å²) in [5, 5.41) is 6.44. The number of hydrogen-bond acceptors (Lipinski definition) is 3. The lowest BCUT2D eigenvalue weighted by Gasteiger charge is -2.18. The Hall–Kier alpha value is -2.11. The van der Waals surface area contributed by atoms with Crippen LogP contribution in [0, 0.1) is 11.6 Å². The number of H-pyrrole nitrogens is 1. The Balaban J connectivity index is 2.71. The number of nitrogens with one attached hydrogen (secondary N) is 1. The molecule has 17 heavy (non-hydrogen) atoms. The van der Waals surface area contributed by atoms with Crippen molar-refractivity contribution in [2.75, 3.05) is 24.7 Å². The summed E-state index contributed by atoms with van der Waals surface area (Å²) in [6.45, 7) is 0. The first-order valence-corrected chi connectivity index (χ1v) is 4.97. The molecule has 0 saturated heterocycles. The minimum atomic E-state index is -0.901. The van der Waals surface area contributed by atoms with Crippen LogP contribution in [-0.2, 0) is 0 Å². The molecule has 0 fully saturated rings. The van der Waals surface area contributed by atoms with Gasteiger partial charge >= 0.3 is 0 Å². The number of halogens is 2. The zero-order chi connectivity index (χ0) is 12.6. The van der Waals surface area contributed by atoms with Crippen molar-refractivity contribution in [3.05, 3.63) is 30.0 Å². The van der Waals surface area contributed by atoms with Gasteiger partial charge < -0.3 is 10.6 Å². The van der Waals surface area contributed by atoms with E-state index in [1.165, 1.54) is 17.2 Å². The van der Waals surface area contributed by atoms with Gasteiger partial charge in [0.15, 0.2) is 11.6 Å². The third kappa shape index (κ3) is 1.82. The highest BCUT2D eigenvalue weighted by Crippen LogP contribution is 2.34. The van der Waals surface area contributed by atoms with E-state index in [9.17, 15) is 8.78 Å². The van der Waals surface area contributed by atoms with Gasteiger partial charge in [0.2, 0.25) is 0 Å². The summed E-state index contributed by atoms with van der Waals surface area (Å²) < 4.78 is 26.9. The number of hydrogen-bond donors (Lipinski definition) is 2. The Morgan fingerprint density at radius 1 is 1.29 bits per heavy atom. The molecule has 1 aromatic heterocycles. The number of rotatable bonds is 2. The monoisotopic (exact) mass is 238 g/mol. The van der Waals surface area contributed by atoms with Crippen LogP contribution in [0.25, 0.3) is 11.3 Å². The molecular weight excluding hydrogens is 226 g/mol. The lowest BCUT2D eigenvalue weighted by Crippen LogP contribution is -2.13. The van der Waals surface area contributed by atoms with Crippen LogP contribution in [0.4, 0.5) is 20.2 Å². The second kappa shape index (κ2) is 4.04. The Kier molecular flexibility index (Phi) is 2.71.